The van der Waals surface area contributed by atoms with Gasteiger partial charge in [0.15, 0.2) is 0 Å². The van der Waals surface area contributed by atoms with Crippen molar-refractivity contribution in [3.63, 3.8) is 0 Å². The average molecular weight is 491 g/mol. The Hall–Kier alpha value is -3.08. The van der Waals surface area contributed by atoms with Crippen LogP contribution in [0.3, 0.4) is 0 Å². The zero-order valence-electron chi connectivity index (χ0n) is 21.2. The zero-order chi connectivity index (χ0) is 25.2. The van der Waals surface area contributed by atoms with Gasteiger partial charge in [0.1, 0.15) is 11.7 Å². The molecule has 7 heteroatoms. The third-order valence-corrected chi connectivity index (χ3v) is 7.19. The molecule has 0 radical (unpaired) electrons. The number of carbonyl (C=O) groups excluding carboxylic acids is 1. The van der Waals surface area contributed by atoms with Gasteiger partial charge >= 0.3 is 6.09 Å². The highest BCUT2D eigenvalue weighted by Crippen LogP contribution is 2.39. The summed E-state index contributed by atoms with van der Waals surface area (Å²) in [6.45, 7) is 7.89. The van der Waals surface area contributed by atoms with Crippen LogP contribution in [-0.4, -0.2) is 54.7 Å². The quantitative estimate of drug-likeness (QED) is 0.454. The van der Waals surface area contributed by atoms with Crippen LogP contribution in [-0.2, 0) is 11.3 Å². The lowest BCUT2D eigenvalue weighted by atomic mass is 10.0. The standard InChI is InChI=1S/C28H34N4O2S/c1-28(2,3)34-27(33)32-14-6-7-22(18-32)30-24-13-12-21(16-29)26-23(24)15-25(35-26)20-10-8-19(9-11-20)17-31(4)5/h8-13,15,22,30H,6-7,14,17-18H2,1-5H3/t22-/m0/s1. The van der Waals surface area contributed by atoms with E-state index in [0.29, 0.717) is 18.7 Å². The fraction of sp³-hybridized carbons (Fsp3) is 0.429. The molecule has 1 fully saturated rings. The van der Waals surface area contributed by atoms with E-state index < -0.39 is 5.60 Å². The highest BCUT2D eigenvalue weighted by atomic mass is 32.1. The zero-order valence-corrected chi connectivity index (χ0v) is 22.0. The molecule has 1 N–H and O–H groups in total. The SMILES string of the molecule is CN(C)Cc1ccc(-c2cc3c(N[C@H]4CCCN(C(=O)OC(C)(C)C)C4)ccc(C#N)c3s2)cc1. The molecular formula is C28H34N4O2S. The van der Waals surface area contributed by atoms with Crippen LogP contribution in [0.15, 0.2) is 42.5 Å². The van der Waals surface area contributed by atoms with E-state index in [-0.39, 0.29) is 12.1 Å². The number of nitriles is 1. The summed E-state index contributed by atoms with van der Waals surface area (Å²) in [5, 5.41) is 14.4. The van der Waals surface area contributed by atoms with Gasteiger partial charge in [-0.1, -0.05) is 24.3 Å². The van der Waals surface area contributed by atoms with E-state index in [2.05, 4.69) is 60.7 Å². The van der Waals surface area contributed by atoms with Crippen LogP contribution < -0.4 is 5.32 Å². The van der Waals surface area contributed by atoms with E-state index in [4.69, 9.17) is 4.74 Å². The second-order valence-corrected chi connectivity index (χ2v) is 11.5. The molecule has 2 aromatic carbocycles. The van der Waals surface area contributed by atoms with Gasteiger partial charge in [0.05, 0.1) is 10.3 Å². The number of piperidine rings is 1. The van der Waals surface area contributed by atoms with Crippen molar-refractivity contribution < 1.29 is 9.53 Å². The normalized spacial score (nSPS) is 16.4. The summed E-state index contributed by atoms with van der Waals surface area (Å²) in [5.41, 5.74) is 3.60. The first-order valence-corrected chi connectivity index (χ1v) is 12.9. The molecule has 0 unspecified atom stereocenters. The molecule has 184 valence electrons. The second-order valence-electron chi connectivity index (χ2n) is 10.5. The molecule has 1 saturated heterocycles. The minimum Gasteiger partial charge on any atom is -0.444 e. The number of nitrogens with zero attached hydrogens (tertiary/aromatic N) is 3. The summed E-state index contributed by atoms with van der Waals surface area (Å²) in [6, 6.07) is 17.2. The number of likely N-dealkylation sites (tertiary alicyclic amines) is 1. The van der Waals surface area contributed by atoms with E-state index in [0.717, 1.165) is 45.6 Å². The number of hydrogen-bond donors (Lipinski definition) is 1. The number of nitrogens with one attached hydrogen (secondary N) is 1. The van der Waals surface area contributed by atoms with E-state index in [9.17, 15) is 10.1 Å². The summed E-state index contributed by atoms with van der Waals surface area (Å²) in [7, 11) is 4.13. The molecular weight excluding hydrogens is 456 g/mol. The molecule has 2 heterocycles. The van der Waals surface area contributed by atoms with Crippen LogP contribution in [0.5, 0.6) is 0 Å². The Balaban J connectivity index is 1.57. The summed E-state index contributed by atoms with van der Waals surface area (Å²) < 4.78 is 6.57. The van der Waals surface area contributed by atoms with E-state index in [1.54, 1.807) is 16.2 Å². The monoisotopic (exact) mass is 490 g/mol. The van der Waals surface area contributed by atoms with Crippen molar-refractivity contribution in [2.24, 2.45) is 0 Å². The fourth-order valence-corrected chi connectivity index (χ4v) is 5.58. The van der Waals surface area contributed by atoms with Gasteiger partial charge in [-0.3, -0.25) is 0 Å². The first kappa shape index (κ1) is 25.0. The third-order valence-electron chi connectivity index (χ3n) is 5.97. The van der Waals surface area contributed by atoms with Crippen molar-refractivity contribution in [2.45, 2.75) is 51.8 Å². The number of rotatable bonds is 5. The molecule has 6 nitrogen and oxygen atoms in total. The van der Waals surface area contributed by atoms with Gasteiger partial charge in [0, 0.05) is 41.6 Å². The van der Waals surface area contributed by atoms with Crippen LogP contribution in [0, 0.1) is 11.3 Å². The summed E-state index contributed by atoms with van der Waals surface area (Å²) in [5.74, 6) is 0. The van der Waals surface area contributed by atoms with Crippen LogP contribution in [0.4, 0.5) is 10.5 Å². The Morgan fingerprint density at radius 1 is 1.23 bits per heavy atom. The number of ether oxygens (including phenoxy) is 1. The van der Waals surface area contributed by atoms with Crippen molar-refractivity contribution in [3.05, 3.63) is 53.6 Å². The number of benzene rings is 2. The maximum Gasteiger partial charge on any atom is 0.410 e. The Bertz CT molecular complexity index is 1230. The van der Waals surface area contributed by atoms with Crippen LogP contribution in [0.1, 0.15) is 44.7 Å². The number of carbonyl (C=O) groups is 1. The average Bonchev–Trinajstić information content (AvgIpc) is 3.24. The minimum atomic E-state index is -0.505. The highest BCUT2D eigenvalue weighted by Gasteiger charge is 2.28. The van der Waals surface area contributed by atoms with Crippen LogP contribution in [0.2, 0.25) is 0 Å². The van der Waals surface area contributed by atoms with Crippen LogP contribution >= 0.6 is 11.3 Å². The van der Waals surface area contributed by atoms with Crippen molar-refractivity contribution in [3.8, 4) is 16.5 Å². The fourth-order valence-electron chi connectivity index (χ4n) is 4.43. The van der Waals surface area contributed by atoms with Crippen molar-refractivity contribution in [1.29, 1.82) is 5.26 Å². The van der Waals surface area contributed by atoms with Gasteiger partial charge in [0.25, 0.3) is 0 Å². The van der Waals surface area contributed by atoms with Gasteiger partial charge in [-0.2, -0.15) is 5.26 Å². The molecule has 0 bridgehead atoms. The first-order chi connectivity index (χ1) is 16.6. The maximum atomic E-state index is 12.6. The molecule has 1 aromatic heterocycles. The van der Waals surface area contributed by atoms with E-state index in [1.807, 2.05) is 32.9 Å². The molecule has 0 aliphatic carbocycles. The van der Waals surface area contributed by atoms with Crippen molar-refractivity contribution in [1.82, 2.24) is 9.80 Å². The van der Waals surface area contributed by atoms with Gasteiger partial charge in [-0.15, -0.1) is 11.3 Å². The molecule has 1 amide bonds. The Morgan fingerprint density at radius 3 is 2.63 bits per heavy atom. The third kappa shape index (κ3) is 6.14. The predicted octanol–water partition coefficient (Wildman–Crippen LogP) is 6.31. The van der Waals surface area contributed by atoms with Crippen LogP contribution in [0.25, 0.3) is 20.5 Å². The lowest BCUT2D eigenvalue weighted by molar-refractivity contribution is 0.0206. The van der Waals surface area contributed by atoms with E-state index in [1.165, 1.54) is 5.56 Å². The summed E-state index contributed by atoms with van der Waals surface area (Å²) in [6.07, 6.45) is 1.64. The molecule has 0 spiro atoms. The first-order valence-electron chi connectivity index (χ1n) is 12.1. The lowest BCUT2D eigenvalue weighted by Gasteiger charge is -2.35. The molecule has 35 heavy (non-hydrogen) atoms. The van der Waals surface area contributed by atoms with Gasteiger partial charge in [0.2, 0.25) is 0 Å². The number of thiophene rings is 1. The predicted molar refractivity (Wildman–Crippen MR) is 144 cm³/mol. The van der Waals surface area contributed by atoms with Gasteiger partial charge in [-0.25, -0.2) is 4.79 Å². The smallest absolute Gasteiger partial charge is 0.410 e. The maximum absolute atomic E-state index is 12.6. The molecule has 3 aromatic rings. The molecule has 4 rings (SSSR count). The molecule has 1 aliphatic heterocycles. The van der Waals surface area contributed by atoms with Gasteiger partial charge < -0.3 is 19.9 Å². The number of fused-ring (bicyclic) bond motifs is 1. The number of anilines is 1. The second kappa shape index (κ2) is 10.3. The number of amides is 1. The Kier molecular flexibility index (Phi) is 7.34. The Labute approximate surface area is 212 Å². The molecule has 1 aliphatic rings. The topological polar surface area (TPSA) is 68.6 Å². The Morgan fingerprint density at radius 2 is 1.97 bits per heavy atom. The van der Waals surface area contributed by atoms with Gasteiger partial charge in [-0.05, 0) is 77.0 Å². The largest absolute Gasteiger partial charge is 0.444 e. The van der Waals surface area contributed by atoms with Crippen molar-refractivity contribution >= 4 is 33.2 Å². The highest BCUT2D eigenvalue weighted by molar-refractivity contribution is 7.22. The van der Waals surface area contributed by atoms with E-state index >= 15 is 0 Å². The number of hydrogen-bond acceptors (Lipinski definition) is 6. The van der Waals surface area contributed by atoms with Crippen molar-refractivity contribution in [2.75, 3.05) is 32.5 Å². The molecule has 0 saturated carbocycles. The summed E-state index contributed by atoms with van der Waals surface area (Å²) >= 11 is 1.65. The lowest BCUT2D eigenvalue weighted by Crippen LogP contribution is -2.47. The molecule has 1 atom stereocenters. The summed E-state index contributed by atoms with van der Waals surface area (Å²) in [4.78, 5) is 17.7. The minimum absolute atomic E-state index is 0.126.